The van der Waals surface area contributed by atoms with E-state index in [9.17, 15) is 4.79 Å². The summed E-state index contributed by atoms with van der Waals surface area (Å²) in [5.41, 5.74) is 0. The normalized spacial score (nSPS) is 18.4. The third-order valence-corrected chi connectivity index (χ3v) is 2.85. The molecule has 0 aliphatic carbocycles. The Morgan fingerprint density at radius 3 is 2.73 bits per heavy atom. The lowest BCUT2D eigenvalue weighted by Crippen LogP contribution is -2.31. The van der Waals surface area contributed by atoms with E-state index in [1.807, 2.05) is 16.8 Å². The fourth-order valence-corrected chi connectivity index (χ4v) is 1.65. The molecular weight excluding hydrogens is 194 g/mol. The van der Waals surface area contributed by atoms with Gasteiger partial charge in [0.05, 0.1) is 5.92 Å². The number of carboxylic acid groups (broad SMARTS) is 1. The van der Waals surface area contributed by atoms with Crippen LogP contribution in [0.3, 0.4) is 0 Å². The maximum Gasteiger partial charge on any atom is 0.306 e. The van der Waals surface area contributed by atoms with Gasteiger partial charge < -0.3 is 14.9 Å². The number of guanidine groups is 1. The smallest absolute Gasteiger partial charge is 0.306 e. The zero-order valence-electron chi connectivity index (χ0n) is 9.36. The molecule has 1 aliphatic rings. The Bertz CT molecular complexity index is 255. The Labute approximate surface area is 90.2 Å². The average molecular weight is 213 g/mol. The second kappa shape index (κ2) is 5.00. The summed E-state index contributed by atoms with van der Waals surface area (Å²) in [6.45, 7) is 4.30. The summed E-state index contributed by atoms with van der Waals surface area (Å²) in [5.74, 6) is -0.457. The number of nitrogens with zero attached hydrogens (tertiary/aromatic N) is 2. The zero-order valence-corrected chi connectivity index (χ0v) is 9.36. The fourth-order valence-electron chi connectivity index (χ4n) is 1.65. The van der Waals surface area contributed by atoms with E-state index >= 15 is 0 Å². The Morgan fingerprint density at radius 1 is 1.60 bits per heavy atom. The van der Waals surface area contributed by atoms with Gasteiger partial charge in [0.25, 0.3) is 0 Å². The summed E-state index contributed by atoms with van der Waals surface area (Å²) >= 11 is 0. The zero-order chi connectivity index (χ0) is 11.4. The van der Waals surface area contributed by atoms with Gasteiger partial charge in [0.2, 0.25) is 0 Å². The second-order valence-corrected chi connectivity index (χ2v) is 4.11. The van der Waals surface area contributed by atoms with Gasteiger partial charge in [-0.3, -0.25) is 10.2 Å². The van der Waals surface area contributed by atoms with Gasteiger partial charge >= 0.3 is 5.97 Å². The molecule has 86 valence electrons. The van der Waals surface area contributed by atoms with E-state index in [1.165, 1.54) is 0 Å². The molecule has 0 aromatic rings. The standard InChI is InChI=1S/C10H19N3O2/c1-8(9(14)15)4-3-5-13-7-6-12(2)10(13)11/h8,11H,3-7H2,1-2H3,(H,14,15)/t8-/m0/s1. The summed E-state index contributed by atoms with van der Waals surface area (Å²) in [6, 6.07) is 0. The number of nitrogens with one attached hydrogen (secondary N) is 1. The minimum atomic E-state index is -0.733. The van der Waals surface area contributed by atoms with Crippen molar-refractivity contribution in [2.24, 2.45) is 5.92 Å². The van der Waals surface area contributed by atoms with Crippen LogP contribution in [0.25, 0.3) is 0 Å². The molecule has 0 bridgehead atoms. The molecule has 1 atom stereocenters. The van der Waals surface area contributed by atoms with E-state index in [-0.39, 0.29) is 5.92 Å². The van der Waals surface area contributed by atoms with E-state index in [1.54, 1.807) is 6.92 Å². The first-order chi connectivity index (χ1) is 7.02. The van der Waals surface area contributed by atoms with Crippen LogP contribution in [0.15, 0.2) is 0 Å². The largest absolute Gasteiger partial charge is 0.481 e. The first kappa shape index (κ1) is 11.8. The van der Waals surface area contributed by atoms with Gasteiger partial charge in [-0.15, -0.1) is 0 Å². The molecule has 5 nitrogen and oxygen atoms in total. The van der Waals surface area contributed by atoms with Gasteiger partial charge in [-0.25, -0.2) is 0 Å². The van der Waals surface area contributed by atoms with Crippen molar-refractivity contribution in [2.75, 3.05) is 26.7 Å². The van der Waals surface area contributed by atoms with Crippen LogP contribution in [0.5, 0.6) is 0 Å². The summed E-state index contributed by atoms with van der Waals surface area (Å²) in [4.78, 5) is 14.5. The third-order valence-electron chi connectivity index (χ3n) is 2.85. The molecular formula is C10H19N3O2. The fraction of sp³-hybridized carbons (Fsp3) is 0.800. The molecule has 1 rings (SSSR count). The van der Waals surface area contributed by atoms with Crippen LogP contribution in [0.1, 0.15) is 19.8 Å². The first-order valence-electron chi connectivity index (χ1n) is 5.30. The highest BCUT2D eigenvalue weighted by molar-refractivity contribution is 5.78. The SMILES string of the molecule is C[C@@H](CCCN1CCN(C)C1=N)C(=O)O. The Hall–Kier alpha value is -1.26. The highest BCUT2D eigenvalue weighted by Crippen LogP contribution is 2.10. The van der Waals surface area contributed by atoms with Crippen molar-refractivity contribution in [3.05, 3.63) is 0 Å². The molecule has 15 heavy (non-hydrogen) atoms. The van der Waals surface area contributed by atoms with Crippen molar-refractivity contribution in [1.29, 1.82) is 5.41 Å². The number of hydrogen-bond donors (Lipinski definition) is 2. The Kier molecular flexibility index (Phi) is 3.94. The molecule has 0 aromatic carbocycles. The molecule has 5 heteroatoms. The van der Waals surface area contributed by atoms with Crippen LogP contribution in [-0.2, 0) is 4.79 Å². The molecule has 0 saturated carbocycles. The monoisotopic (exact) mass is 213 g/mol. The summed E-state index contributed by atoms with van der Waals surface area (Å²) in [5, 5.41) is 16.4. The van der Waals surface area contributed by atoms with Crippen molar-refractivity contribution in [3.8, 4) is 0 Å². The van der Waals surface area contributed by atoms with E-state index < -0.39 is 5.97 Å². The van der Waals surface area contributed by atoms with Crippen LogP contribution >= 0.6 is 0 Å². The number of aliphatic carboxylic acids is 1. The summed E-state index contributed by atoms with van der Waals surface area (Å²) in [6.07, 6.45) is 1.52. The van der Waals surface area contributed by atoms with Gasteiger partial charge in [-0.2, -0.15) is 0 Å². The highest BCUT2D eigenvalue weighted by atomic mass is 16.4. The number of rotatable bonds is 5. The van der Waals surface area contributed by atoms with Gasteiger partial charge in [0.1, 0.15) is 0 Å². The van der Waals surface area contributed by atoms with Crippen LogP contribution in [0, 0.1) is 11.3 Å². The van der Waals surface area contributed by atoms with Crippen molar-refractivity contribution < 1.29 is 9.90 Å². The molecule has 2 N–H and O–H groups in total. The molecule has 1 saturated heterocycles. The lowest BCUT2D eigenvalue weighted by molar-refractivity contribution is -0.141. The van der Waals surface area contributed by atoms with Gasteiger partial charge in [-0.05, 0) is 12.8 Å². The molecule has 0 spiro atoms. The number of hydrogen-bond acceptors (Lipinski definition) is 2. The van der Waals surface area contributed by atoms with Gasteiger partial charge in [0.15, 0.2) is 5.96 Å². The van der Waals surface area contributed by atoms with Crippen molar-refractivity contribution >= 4 is 11.9 Å². The molecule has 0 amide bonds. The maximum atomic E-state index is 10.6. The van der Waals surface area contributed by atoms with E-state index in [2.05, 4.69) is 0 Å². The third kappa shape index (κ3) is 3.11. The summed E-state index contributed by atoms with van der Waals surface area (Å²) < 4.78 is 0. The van der Waals surface area contributed by atoms with Crippen LogP contribution in [0.2, 0.25) is 0 Å². The van der Waals surface area contributed by atoms with Crippen LogP contribution in [-0.4, -0.2) is 53.5 Å². The number of carboxylic acids is 1. The molecule has 0 unspecified atom stereocenters. The predicted molar refractivity (Wildman–Crippen MR) is 58.0 cm³/mol. The first-order valence-corrected chi connectivity index (χ1v) is 5.30. The molecule has 1 heterocycles. The Morgan fingerprint density at radius 2 is 2.27 bits per heavy atom. The average Bonchev–Trinajstić information content (AvgIpc) is 2.49. The summed E-state index contributed by atoms with van der Waals surface area (Å²) in [7, 11) is 1.90. The van der Waals surface area contributed by atoms with Crippen LogP contribution in [0.4, 0.5) is 0 Å². The van der Waals surface area contributed by atoms with Gasteiger partial charge in [0, 0.05) is 26.7 Å². The second-order valence-electron chi connectivity index (χ2n) is 4.11. The van der Waals surface area contributed by atoms with Crippen molar-refractivity contribution in [2.45, 2.75) is 19.8 Å². The lowest BCUT2D eigenvalue weighted by Gasteiger charge is -2.19. The topological polar surface area (TPSA) is 67.6 Å². The maximum absolute atomic E-state index is 10.6. The predicted octanol–water partition coefficient (Wildman–Crippen LogP) is 0.669. The molecule has 0 aromatic heterocycles. The minimum absolute atomic E-state index is 0.278. The Balaban J connectivity index is 2.21. The van der Waals surface area contributed by atoms with Crippen molar-refractivity contribution in [1.82, 2.24) is 9.80 Å². The lowest BCUT2D eigenvalue weighted by atomic mass is 10.1. The van der Waals surface area contributed by atoms with E-state index in [0.717, 1.165) is 26.1 Å². The van der Waals surface area contributed by atoms with E-state index in [0.29, 0.717) is 12.4 Å². The number of likely N-dealkylation sites (N-methyl/N-ethyl adjacent to an activating group) is 1. The van der Waals surface area contributed by atoms with E-state index in [4.69, 9.17) is 10.5 Å². The van der Waals surface area contributed by atoms with Gasteiger partial charge in [-0.1, -0.05) is 6.92 Å². The quantitative estimate of drug-likeness (QED) is 0.704. The van der Waals surface area contributed by atoms with Crippen LogP contribution < -0.4 is 0 Å². The highest BCUT2D eigenvalue weighted by Gasteiger charge is 2.21. The molecule has 1 aliphatic heterocycles. The number of carbonyl (C=O) groups is 1. The molecule has 1 fully saturated rings. The minimum Gasteiger partial charge on any atom is -0.481 e. The molecule has 0 radical (unpaired) electrons. The van der Waals surface area contributed by atoms with Crippen molar-refractivity contribution in [3.63, 3.8) is 0 Å².